The topological polar surface area (TPSA) is 20.2 Å². The molecule has 0 saturated heterocycles. The molecule has 0 saturated carbocycles. The molecular weight excluding hydrogens is 287 g/mol. The van der Waals surface area contributed by atoms with Gasteiger partial charge in [-0.05, 0) is 0 Å². The fourth-order valence-corrected chi connectivity index (χ4v) is 4.07. The molecule has 0 amide bonds. The molecule has 2 aromatic rings. The molecule has 1 unspecified atom stereocenters. The Bertz CT molecular complexity index is 467. The van der Waals surface area contributed by atoms with Gasteiger partial charge in [-0.25, -0.2) is 0 Å². The molecule has 0 aliphatic rings. The summed E-state index contributed by atoms with van der Waals surface area (Å²) in [6, 6.07) is 14.7. The molecule has 0 spiro atoms. The van der Waals surface area contributed by atoms with Crippen molar-refractivity contribution in [3.05, 3.63) is 42.5 Å². The minimum absolute atomic E-state index is 0.287. The first-order valence-electron chi connectivity index (χ1n) is 5.16. The fourth-order valence-electron chi connectivity index (χ4n) is 1.55. The molecule has 0 radical (unpaired) electrons. The van der Waals surface area contributed by atoms with Gasteiger partial charge in [-0.1, -0.05) is 0 Å². The molecule has 84 valence electrons. The van der Waals surface area contributed by atoms with E-state index in [1.54, 1.807) is 0 Å². The summed E-state index contributed by atoms with van der Waals surface area (Å²) in [6.45, 7) is 0. The van der Waals surface area contributed by atoms with Crippen molar-refractivity contribution in [3.8, 4) is 0 Å². The van der Waals surface area contributed by atoms with Crippen molar-refractivity contribution in [1.82, 2.24) is 0 Å². The van der Waals surface area contributed by atoms with Crippen LogP contribution in [0.2, 0.25) is 5.32 Å². The second kappa shape index (κ2) is 5.70. The van der Waals surface area contributed by atoms with Crippen molar-refractivity contribution in [1.29, 1.82) is 0 Å². The van der Waals surface area contributed by atoms with Crippen molar-refractivity contribution in [2.45, 2.75) is 11.4 Å². The summed E-state index contributed by atoms with van der Waals surface area (Å²) in [6.07, 6.45) is -0.374. The Morgan fingerprint density at radius 2 is 1.88 bits per heavy atom. The van der Waals surface area contributed by atoms with Gasteiger partial charge in [0, 0.05) is 0 Å². The van der Waals surface area contributed by atoms with Crippen molar-refractivity contribution in [2.75, 3.05) is 5.88 Å². The molecular formula is C13H13ClOSe. The van der Waals surface area contributed by atoms with Gasteiger partial charge in [-0.15, -0.1) is 0 Å². The number of hydrogen-bond acceptors (Lipinski definition) is 1. The number of halogens is 1. The molecule has 0 aromatic heterocycles. The van der Waals surface area contributed by atoms with E-state index >= 15 is 0 Å². The van der Waals surface area contributed by atoms with Crippen molar-refractivity contribution >= 4 is 41.8 Å². The van der Waals surface area contributed by atoms with E-state index in [4.69, 9.17) is 11.6 Å². The first kappa shape index (κ1) is 11.9. The fraction of sp³-hybridized carbons (Fsp3) is 0.231. The normalized spacial score (nSPS) is 12.9. The van der Waals surface area contributed by atoms with Gasteiger partial charge in [-0.3, -0.25) is 0 Å². The molecule has 0 aliphatic heterocycles. The Balaban J connectivity index is 2.23. The van der Waals surface area contributed by atoms with E-state index in [0.29, 0.717) is 5.88 Å². The van der Waals surface area contributed by atoms with Gasteiger partial charge >= 0.3 is 107 Å². The van der Waals surface area contributed by atoms with Gasteiger partial charge in [0.2, 0.25) is 0 Å². The average Bonchev–Trinajstić information content (AvgIpc) is 2.35. The van der Waals surface area contributed by atoms with E-state index < -0.39 is 0 Å². The molecule has 0 fully saturated rings. The van der Waals surface area contributed by atoms with Crippen molar-refractivity contribution in [2.24, 2.45) is 0 Å². The van der Waals surface area contributed by atoms with Crippen LogP contribution in [0, 0.1) is 0 Å². The molecule has 2 rings (SSSR count). The molecule has 0 aliphatic carbocycles. The summed E-state index contributed by atoms with van der Waals surface area (Å²) in [5, 5.41) is 12.8. The second-order valence-corrected chi connectivity index (χ2v) is 6.13. The van der Waals surface area contributed by atoms with Gasteiger partial charge < -0.3 is 0 Å². The standard InChI is InChI=1S/C13H13ClOSe/c14-8-11(15)9-16-13-7-3-5-10-4-1-2-6-12(10)13/h1-7,11,15H,8-9H2. The molecule has 1 atom stereocenters. The first-order valence-corrected chi connectivity index (χ1v) is 7.76. The monoisotopic (exact) mass is 300 g/mol. The molecule has 1 nitrogen and oxygen atoms in total. The molecule has 16 heavy (non-hydrogen) atoms. The third-order valence-corrected chi connectivity index (χ3v) is 5.27. The van der Waals surface area contributed by atoms with Crippen molar-refractivity contribution < 1.29 is 5.11 Å². The number of alkyl halides is 1. The van der Waals surface area contributed by atoms with Crippen LogP contribution in [0.25, 0.3) is 10.8 Å². The average molecular weight is 300 g/mol. The van der Waals surface area contributed by atoms with Crippen LogP contribution in [0.3, 0.4) is 0 Å². The summed E-state index contributed by atoms with van der Waals surface area (Å²) >= 11 is 5.88. The second-order valence-electron chi connectivity index (χ2n) is 3.60. The van der Waals surface area contributed by atoms with Crippen LogP contribution < -0.4 is 4.46 Å². The van der Waals surface area contributed by atoms with E-state index in [0.717, 1.165) is 5.32 Å². The number of hydrogen-bond donors (Lipinski definition) is 1. The van der Waals surface area contributed by atoms with Crippen LogP contribution in [0.1, 0.15) is 0 Å². The molecule has 0 bridgehead atoms. The van der Waals surface area contributed by atoms with Gasteiger partial charge in [0.25, 0.3) is 0 Å². The van der Waals surface area contributed by atoms with Gasteiger partial charge in [0.1, 0.15) is 0 Å². The summed E-state index contributed by atoms with van der Waals surface area (Å²) in [5.74, 6) is 0.326. The molecule has 0 heterocycles. The molecule has 1 N–H and O–H groups in total. The number of rotatable bonds is 4. The van der Waals surface area contributed by atoms with Gasteiger partial charge in [0.05, 0.1) is 0 Å². The Kier molecular flexibility index (Phi) is 4.25. The van der Waals surface area contributed by atoms with Crippen molar-refractivity contribution in [3.63, 3.8) is 0 Å². The summed E-state index contributed by atoms with van der Waals surface area (Å²) in [5.41, 5.74) is 0. The van der Waals surface area contributed by atoms with E-state index in [-0.39, 0.29) is 21.1 Å². The maximum atomic E-state index is 9.47. The number of benzene rings is 2. The third-order valence-electron chi connectivity index (χ3n) is 2.36. The van der Waals surface area contributed by atoms with E-state index in [1.165, 1.54) is 15.2 Å². The van der Waals surface area contributed by atoms with E-state index in [9.17, 15) is 5.11 Å². The summed E-state index contributed by atoms with van der Waals surface area (Å²) < 4.78 is 1.34. The molecule has 3 heteroatoms. The number of aliphatic hydroxyl groups excluding tert-OH is 1. The Hall–Kier alpha value is -0.531. The predicted octanol–water partition coefficient (Wildman–Crippen LogP) is 2.19. The molecule has 2 aromatic carbocycles. The zero-order valence-electron chi connectivity index (χ0n) is 8.77. The maximum absolute atomic E-state index is 9.47. The predicted molar refractivity (Wildman–Crippen MR) is 70.9 cm³/mol. The van der Waals surface area contributed by atoms with Crippen LogP contribution >= 0.6 is 11.6 Å². The van der Waals surface area contributed by atoms with E-state index in [1.807, 2.05) is 6.07 Å². The quantitative estimate of drug-likeness (QED) is 0.678. The Morgan fingerprint density at radius 3 is 2.69 bits per heavy atom. The zero-order valence-corrected chi connectivity index (χ0v) is 11.2. The Morgan fingerprint density at radius 1 is 1.12 bits per heavy atom. The Labute approximate surface area is 107 Å². The van der Waals surface area contributed by atoms with Crippen LogP contribution in [-0.4, -0.2) is 32.0 Å². The van der Waals surface area contributed by atoms with Gasteiger partial charge in [-0.2, -0.15) is 0 Å². The van der Waals surface area contributed by atoms with Crippen LogP contribution in [0.5, 0.6) is 0 Å². The minimum atomic E-state index is -0.374. The van der Waals surface area contributed by atoms with E-state index in [2.05, 4.69) is 36.4 Å². The van der Waals surface area contributed by atoms with Crippen LogP contribution in [-0.2, 0) is 0 Å². The zero-order chi connectivity index (χ0) is 11.4. The van der Waals surface area contributed by atoms with Gasteiger partial charge in [0.15, 0.2) is 0 Å². The number of aliphatic hydroxyl groups is 1. The summed E-state index contributed by atoms with van der Waals surface area (Å²) in [7, 11) is 0. The first-order chi connectivity index (χ1) is 7.81. The van der Waals surface area contributed by atoms with Crippen LogP contribution in [0.4, 0.5) is 0 Å². The SMILES string of the molecule is OC(CCl)C[Se]c1cccc2ccccc12. The van der Waals surface area contributed by atoms with Crippen LogP contribution in [0.15, 0.2) is 42.5 Å². The third kappa shape index (κ3) is 2.78. The summed E-state index contributed by atoms with van der Waals surface area (Å²) in [4.78, 5) is 0. The number of fused-ring (bicyclic) bond motifs is 1.